The number of imide groups is 1. The summed E-state index contributed by atoms with van der Waals surface area (Å²) in [7, 11) is 0. The first-order chi connectivity index (χ1) is 15.4. The molecule has 3 aromatic rings. The molecule has 0 spiro atoms. The maximum Gasteiger partial charge on any atom is 0.278 e. The number of thioether (sulfide) groups is 1. The molecule has 1 N–H and O–H groups in total. The summed E-state index contributed by atoms with van der Waals surface area (Å²) in [6.07, 6.45) is 0. The zero-order chi connectivity index (χ0) is 22.7. The van der Waals surface area contributed by atoms with Gasteiger partial charge in [-0.25, -0.2) is 9.97 Å². The molecule has 0 atom stereocenters. The van der Waals surface area contributed by atoms with Gasteiger partial charge in [-0.2, -0.15) is 0 Å². The highest BCUT2D eigenvalue weighted by molar-refractivity contribution is 8.04. The number of aryl methyl sites for hydroxylation is 2. The largest absolute Gasteiger partial charge is 0.375 e. The molecular formula is C24H21ClN4O2S. The molecule has 2 amide bonds. The highest BCUT2D eigenvalue weighted by Crippen LogP contribution is 2.34. The SMILES string of the molecule is Cc1cc(C)nc(SC2=C(NCc3ccccc3Cl)C(=O)N(Cc3ccccc3)C2=O)n1. The van der Waals surface area contributed by atoms with Gasteiger partial charge in [0.05, 0.1) is 6.54 Å². The number of aromatic nitrogens is 2. The van der Waals surface area contributed by atoms with E-state index < -0.39 is 0 Å². The van der Waals surface area contributed by atoms with Crippen molar-refractivity contribution in [1.82, 2.24) is 20.2 Å². The van der Waals surface area contributed by atoms with Gasteiger partial charge in [0, 0.05) is 23.0 Å². The van der Waals surface area contributed by atoms with Gasteiger partial charge in [0.2, 0.25) is 0 Å². The summed E-state index contributed by atoms with van der Waals surface area (Å²) in [5.74, 6) is -0.744. The minimum Gasteiger partial charge on any atom is -0.375 e. The monoisotopic (exact) mass is 464 g/mol. The molecule has 1 aliphatic heterocycles. The maximum atomic E-state index is 13.3. The normalized spacial score (nSPS) is 13.8. The van der Waals surface area contributed by atoms with Gasteiger partial charge in [-0.1, -0.05) is 60.1 Å². The molecule has 0 saturated heterocycles. The van der Waals surface area contributed by atoms with E-state index in [1.165, 1.54) is 4.90 Å². The molecule has 1 aliphatic rings. The van der Waals surface area contributed by atoms with Crippen LogP contribution in [0.25, 0.3) is 0 Å². The number of rotatable bonds is 7. The maximum absolute atomic E-state index is 13.3. The summed E-state index contributed by atoms with van der Waals surface area (Å²) >= 11 is 7.37. The molecule has 0 radical (unpaired) electrons. The molecule has 6 nitrogen and oxygen atoms in total. The number of halogens is 1. The molecule has 1 aromatic heterocycles. The second kappa shape index (κ2) is 9.54. The molecule has 162 valence electrons. The molecule has 0 bridgehead atoms. The average molecular weight is 465 g/mol. The third-order valence-corrected chi connectivity index (χ3v) is 6.19. The standard InChI is InChI=1S/C24H21ClN4O2S/c1-15-12-16(2)28-24(27-15)32-21-20(26-13-18-10-6-7-11-19(18)25)22(30)29(23(21)31)14-17-8-4-3-5-9-17/h3-12,26H,13-14H2,1-2H3. The van der Waals surface area contributed by atoms with E-state index in [9.17, 15) is 9.59 Å². The van der Waals surface area contributed by atoms with Crippen molar-refractivity contribution in [1.29, 1.82) is 0 Å². The average Bonchev–Trinajstić information content (AvgIpc) is 2.97. The summed E-state index contributed by atoms with van der Waals surface area (Å²) in [4.78, 5) is 36.9. The fraction of sp³-hybridized carbons (Fsp3) is 0.167. The summed E-state index contributed by atoms with van der Waals surface area (Å²) in [5, 5.41) is 4.16. The third-order valence-electron chi connectivity index (χ3n) is 4.88. The summed E-state index contributed by atoms with van der Waals surface area (Å²) in [6, 6.07) is 18.7. The van der Waals surface area contributed by atoms with Crippen LogP contribution in [0.15, 0.2) is 76.4 Å². The lowest BCUT2D eigenvalue weighted by Crippen LogP contribution is -2.33. The minimum absolute atomic E-state index is 0.188. The van der Waals surface area contributed by atoms with E-state index >= 15 is 0 Å². The number of nitrogens with zero attached hydrogens (tertiary/aromatic N) is 3. The smallest absolute Gasteiger partial charge is 0.278 e. The van der Waals surface area contributed by atoms with Gasteiger partial charge in [0.25, 0.3) is 11.8 Å². The number of carbonyl (C=O) groups excluding carboxylic acids is 2. The number of hydrogen-bond donors (Lipinski definition) is 1. The van der Waals surface area contributed by atoms with E-state index in [1.807, 2.05) is 68.4 Å². The molecule has 4 rings (SSSR count). The Kier molecular flexibility index (Phi) is 6.58. The number of amides is 2. The molecule has 0 unspecified atom stereocenters. The molecular weight excluding hydrogens is 444 g/mol. The predicted octanol–water partition coefficient (Wildman–Crippen LogP) is 4.41. The molecule has 32 heavy (non-hydrogen) atoms. The van der Waals surface area contributed by atoms with Crippen LogP contribution in [0.3, 0.4) is 0 Å². The van der Waals surface area contributed by atoms with Crippen molar-refractivity contribution >= 4 is 35.2 Å². The van der Waals surface area contributed by atoms with Gasteiger partial charge in [0.1, 0.15) is 10.6 Å². The molecule has 2 heterocycles. The van der Waals surface area contributed by atoms with Crippen LogP contribution in [0.4, 0.5) is 0 Å². The van der Waals surface area contributed by atoms with Crippen molar-refractivity contribution in [3.05, 3.63) is 98.8 Å². The van der Waals surface area contributed by atoms with Gasteiger partial charge in [-0.05, 0) is 48.9 Å². The van der Waals surface area contributed by atoms with Gasteiger partial charge < -0.3 is 5.32 Å². The van der Waals surface area contributed by atoms with Gasteiger partial charge >= 0.3 is 0 Å². The highest BCUT2D eigenvalue weighted by atomic mass is 35.5. The van der Waals surface area contributed by atoms with Gasteiger partial charge in [0.15, 0.2) is 5.16 Å². The first kappa shape index (κ1) is 22.0. The second-order valence-electron chi connectivity index (χ2n) is 7.37. The quantitative estimate of drug-likeness (QED) is 0.412. The lowest BCUT2D eigenvalue weighted by atomic mass is 10.2. The van der Waals surface area contributed by atoms with Gasteiger partial charge in [-0.15, -0.1) is 0 Å². The van der Waals surface area contributed by atoms with Crippen molar-refractivity contribution in [2.24, 2.45) is 0 Å². The Bertz CT molecular complexity index is 1190. The Balaban J connectivity index is 1.65. The van der Waals surface area contributed by atoms with Crippen molar-refractivity contribution in [3.8, 4) is 0 Å². The van der Waals surface area contributed by atoms with E-state index in [0.717, 1.165) is 34.3 Å². The Morgan fingerprint density at radius 3 is 2.28 bits per heavy atom. The Morgan fingerprint density at radius 2 is 1.59 bits per heavy atom. The number of carbonyl (C=O) groups is 2. The first-order valence-corrected chi connectivity index (χ1v) is 11.2. The third kappa shape index (κ3) is 4.84. The Morgan fingerprint density at radius 1 is 0.938 bits per heavy atom. The topological polar surface area (TPSA) is 75.2 Å². The van der Waals surface area contributed by atoms with E-state index in [1.54, 1.807) is 6.07 Å². The van der Waals surface area contributed by atoms with Crippen molar-refractivity contribution in [3.63, 3.8) is 0 Å². The molecule has 8 heteroatoms. The Hall–Kier alpha value is -3.16. The van der Waals surface area contributed by atoms with E-state index in [4.69, 9.17) is 11.6 Å². The fourth-order valence-electron chi connectivity index (χ4n) is 3.37. The van der Waals surface area contributed by atoms with E-state index in [-0.39, 0.29) is 29.0 Å². The summed E-state index contributed by atoms with van der Waals surface area (Å²) in [5.41, 5.74) is 3.52. The van der Waals surface area contributed by atoms with E-state index in [0.29, 0.717) is 16.7 Å². The molecule has 0 saturated carbocycles. The minimum atomic E-state index is -0.377. The Labute approximate surface area is 195 Å². The highest BCUT2D eigenvalue weighted by Gasteiger charge is 2.39. The second-order valence-corrected chi connectivity index (χ2v) is 8.75. The summed E-state index contributed by atoms with van der Waals surface area (Å²) in [6.45, 7) is 4.23. The molecule has 0 aliphatic carbocycles. The zero-order valence-electron chi connectivity index (χ0n) is 17.6. The van der Waals surface area contributed by atoms with Crippen LogP contribution < -0.4 is 5.32 Å². The van der Waals surface area contributed by atoms with E-state index in [2.05, 4.69) is 15.3 Å². The lowest BCUT2D eigenvalue weighted by Gasteiger charge is -2.15. The van der Waals surface area contributed by atoms with Crippen molar-refractivity contribution < 1.29 is 9.59 Å². The zero-order valence-corrected chi connectivity index (χ0v) is 19.2. The van der Waals surface area contributed by atoms with Crippen LogP contribution in [0.2, 0.25) is 5.02 Å². The number of benzene rings is 2. The van der Waals surface area contributed by atoms with Crippen LogP contribution in [0.1, 0.15) is 22.5 Å². The summed E-state index contributed by atoms with van der Waals surface area (Å²) < 4.78 is 0. The lowest BCUT2D eigenvalue weighted by molar-refractivity contribution is -0.138. The van der Waals surface area contributed by atoms with Crippen LogP contribution in [0, 0.1) is 13.8 Å². The molecule has 0 fully saturated rings. The van der Waals surface area contributed by atoms with Crippen LogP contribution in [-0.2, 0) is 22.7 Å². The van der Waals surface area contributed by atoms with Gasteiger partial charge in [-0.3, -0.25) is 14.5 Å². The number of nitrogens with one attached hydrogen (secondary N) is 1. The predicted molar refractivity (Wildman–Crippen MR) is 125 cm³/mol. The van der Waals surface area contributed by atoms with Crippen molar-refractivity contribution in [2.45, 2.75) is 32.1 Å². The van der Waals surface area contributed by atoms with Crippen LogP contribution in [-0.4, -0.2) is 26.7 Å². The van der Waals surface area contributed by atoms with Crippen LogP contribution >= 0.6 is 23.4 Å². The first-order valence-electron chi connectivity index (χ1n) is 10.0. The number of hydrogen-bond acceptors (Lipinski definition) is 6. The van der Waals surface area contributed by atoms with Crippen molar-refractivity contribution in [2.75, 3.05) is 0 Å². The van der Waals surface area contributed by atoms with Crippen LogP contribution in [0.5, 0.6) is 0 Å². The fourth-order valence-corrected chi connectivity index (χ4v) is 4.59. The molecule has 2 aromatic carbocycles.